The van der Waals surface area contributed by atoms with Crippen LogP contribution in [-0.4, -0.2) is 77.4 Å². The Bertz CT molecular complexity index is 613. The number of amides is 1. The summed E-state index contributed by atoms with van der Waals surface area (Å²) in [7, 11) is 1.58. The zero-order valence-electron chi connectivity index (χ0n) is 14.7. The van der Waals surface area contributed by atoms with E-state index in [1.165, 1.54) is 10.6 Å². The highest BCUT2D eigenvalue weighted by molar-refractivity contribution is 5.94. The molecule has 0 spiro atoms. The first-order valence-electron chi connectivity index (χ1n) is 8.23. The van der Waals surface area contributed by atoms with Crippen molar-refractivity contribution in [2.24, 2.45) is 0 Å². The van der Waals surface area contributed by atoms with Crippen LogP contribution >= 0.6 is 0 Å². The lowest BCUT2D eigenvalue weighted by molar-refractivity contribution is 0.0178. The summed E-state index contributed by atoms with van der Waals surface area (Å²) < 4.78 is 6.49. The van der Waals surface area contributed by atoms with E-state index in [0.717, 1.165) is 13.1 Å². The van der Waals surface area contributed by atoms with Gasteiger partial charge in [-0.15, -0.1) is 0 Å². The van der Waals surface area contributed by atoms with Crippen molar-refractivity contribution in [3.05, 3.63) is 34.2 Å². The van der Waals surface area contributed by atoms with E-state index >= 15 is 0 Å². The number of ether oxygens (including phenoxy) is 1. The molecule has 134 valence electrons. The van der Waals surface area contributed by atoms with Gasteiger partial charge in [0.2, 0.25) is 0 Å². The summed E-state index contributed by atoms with van der Waals surface area (Å²) in [5.74, 6) is -0.0657. The molecule has 0 bridgehead atoms. The Morgan fingerprint density at radius 2 is 1.92 bits per heavy atom. The Kier molecular flexibility index (Phi) is 6.15. The van der Waals surface area contributed by atoms with Gasteiger partial charge in [0, 0.05) is 58.6 Å². The number of pyridine rings is 1. The summed E-state index contributed by atoms with van der Waals surface area (Å²) in [6, 6.07) is 3.00. The molecule has 1 amide bonds. The number of nitrogens with zero attached hydrogens (tertiary/aromatic N) is 3. The highest BCUT2D eigenvalue weighted by Crippen LogP contribution is 2.11. The molecule has 1 fully saturated rings. The second-order valence-corrected chi connectivity index (χ2v) is 6.82. The monoisotopic (exact) mass is 337 g/mol. The lowest BCUT2D eigenvalue weighted by atomic mass is 10.1. The topological polar surface area (TPSA) is 75.0 Å². The number of rotatable bonds is 6. The van der Waals surface area contributed by atoms with Crippen molar-refractivity contribution in [1.29, 1.82) is 0 Å². The summed E-state index contributed by atoms with van der Waals surface area (Å²) in [4.78, 5) is 28.4. The van der Waals surface area contributed by atoms with Crippen molar-refractivity contribution in [3.8, 4) is 0 Å². The fourth-order valence-corrected chi connectivity index (χ4v) is 2.86. The number of methoxy groups -OCH3 is 1. The first-order valence-corrected chi connectivity index (χ1v) is 8.23. The van der Waals surface area contributed by atoms with Crippen LogP contribution in [0.15, 0.2) is 23.1 Å². The second-order valence-electron chi connectivity index (χ2n) is 6.82. The number of β-amino-alcohol motifs (C(OH)–C–C–N with tert-alkyl or cyclic N) is 1. The van der Waals surface area contributed by atoms with E-state index in [9.17, 15) is 14.7 Å². The zero-order chi connectivity index (χ0) is 17.7. The average molecular weight is 337 g/mol. The molecule has 0 aromatic carbocycles. The molecule has 1 aliphatic rings. The Morgan fingerprint density at radius 3 is 2.50 bits per heavy atom. The fourth-order valence-electron chi connectivity index (χ4n) is 2.86. The van der Waals surface area contributed by atoms with E-state index in [4.69, 9.17) is 4.74 Å². The maximum atomic E-state index is 12.6. The molecule has 1 saturated heterocycles. The van der Waals surface area contributed by atoms with Crippen molar-refractivity contribution in [1.82, 2.24) is 14.4 Å². The minimum atomic E-state index is -0.733. The van der Waals surface area contributed by atoms with Gasteiger partial charge in [0.25, 0.3) is 11.5 Å². The van der Waals surface area contributed by atoms with E-state index in [-0.39, 0.29) is 11.5 Å². The first-order chi connectivity index (χ1) is 11.3. The summed E-state index contributed by atoms with van der Waals surface area (Å²) in [6.45, 7) is 7.72. The van der Waals surface area contributed by atoms with Gasteiger partial charge < -0.3 is 19.3 Å². The number of aliphatic hydroxyl groups is 1. The predicted molar refractivity (Wildman–Crippen MR) is 91.2 cm³/mol. The molecular weight excluding hydrogens is 310 g/mol. The number of carbonyl (C=O) groups excluding carboxylic acids is 1. The molecule has 1 aromatic rings. The van der Waals surface area contributed by atoms with Gasteiger partial charge >= 0.3 is 0 Å². The van der Waals surface area contributed by atoms with E-state index in [2.05, 4.69) is 4.90 Å². The van der Waals surface area contributed by atoms with Crippen LogP contribution in [-0.2, 0) is 11.3 Å². The van der Waals surface area contributed by atoms with Crippen LogP contribution in [0.5, 0.6) is 0 Å². The normalized spacial score (nSPS) is 16.4. The number of hydrogen-bond acceptors (Lipinski definition) is 5. The van der Waals surface area contributed by atoms with Crippen LogP contribution in [0.1, 0.15) is 24.2 Å². The van der Waals surface area contributed by atoms with Crippen LogP contribution in [0.25, 0.3) is 0 Å². The van der Waals surface area contributed by atoms with Gasteiger partial charge in [0.05, 0.1) is 17.8 Å². The molecule has 0 aliphatic carbocycles. The van der Waals surface area contributed by atoms with Crippen LogP contribution in [0.3, 0.4) is 0 Å². The summed E-state index contributed by atoms with van der Waals surface area (Å²) in [6.07, 6.45) is 1.60. The quantitative estimate of drug-likeness (QED) is 0.792. The average Bonchev–Trinajstić information content (AvgIpc) is 2.53. The van der Waals surface area contributed by atoms with Crippen molar-refractivity contribution < 1.29 is 14.6 Å². The molecular formula is C17H27N3O4. The maximum absolute atomic E-state index is 12.6. The molecule has 1 aliphatic heterocycles. The van der Waals surface area contributed by atoms with Crippen LogP contribution in [0.4, 0.5) is 0 Å². The van der Waals surface area contributed by atoms with Crippen LogP contribution in [0, 0.1) is 0 Å². The Hall–Kier alpha value is -1.70. The number of hydrogen-bond donors (Lipinski definition) is 1. The minimum absolute atomic E-state index is 0.0657. The lowest BCUT2D eigenvalue weighted by Crippen LogP contribution is -2.52. The Labute approximate surface area is 142 Å². The Balaban J connectivity index is 1.99. The van der Waals surface area contributed by atoms with Gasteiger partial charge in [0.1, 0.15) is 0 Å². The zero-order valence-corrected chi connectivity index (χ0v) is 14.7. The van der Waals surface area contributed by atoms with E-state index in [0.29, 0.717) is 38.3 Å². The van der Waals surface area contributed by atoms with Gasteiger partial charge in [-0.1, -0.05) is 0 Å². The molecule has 1 N–H and O–H groups in total. The summed E-state index contributed by atoms with van der Waals surface area (Å²) in [5.41, 5.74) is -0.358. The molecule has 2 heterocycles. The van der Waals surface area contributed by atoms with Gasteiger partial charge in [0.15, 0.2) is 0 Å². The molecule has 24 heavy (non-hydrogen) atoms. The largest absolute Gasteiger partial charge is 0.389 e. The van der Waals surface area contributed by atoms with Crippen molar-refractivity contribution in [2.75, 3.05) is 46.4 Å². The van der Waals surface area contributed by atoms with E-state index < -0.39 is 5.60 Å². The van der Waals surface area contributed by atoms with E-state index in [1.54, 1.807) is 38.1 Å². The molecule has 7 heteroatoms. The lowest BCUT2D eigenvalue weighted by Gasteiger charge is -2.37. The first kappa shape index (κ1) is 18.6. The standard InChI is InChI=1S/C17H27N3O4/c1-17(2,23)13-18-6-8-19(9-7-18)16(22)14-4-5-15(21)20(12-14)10-11-24-3/h4-5,12,23H,6-11,13H2,1-3H3. The third-order valence-electron chi connectivity index (χ3n) is 4.04. The smallest absolute Gasteiger partial charge is 0.255 e. The number of carbonyl (C=O) groups is 1. The van der Waals surface area contributed by atoms with Gasteiger partial charge in [-0.25, -0.2) is 0 Å². The minimum Gasteiger partial charge on any atom is -0.389 e. The van der Waals surface area contributed by atoms with Gasteiger partial charge in [-0.3, -0.25) is 14.5 Å². The third kappa shape index (κ3) is 5.15. The van der Waals surface area contributed by atoms with Gasteiger partial charge in [-0.05, 0) is 19.9 Å². The van der Waals surface area contributed by atoms with Crippen LogP contribution in [0.2, 0.25) is 0 Å². The molecule has 0 saturated carbocycles. The SMILES string of the molecule is COCCn1cc(C(=O)N2CCN(CC(C)(C)O)CC2)ccc1=O. The molecule has 0 unspecified atom stereocenters. The predicted octanol–water partition coefficient (Wildman–Crippen LogP) is 0.0234. The van der Waals surface area contributed by atoms with Crippen LogP contribution < -0.4 is 5.56 Å². The molecule has 7 nitrogen and oxygen atoms in total. The van der Waals surface area contributed by atoms with Crippen molar-refractivity contribution in [3.63, 3.8) is 0 Å². The highest BCUT2D eigenvalue weighted by Gasteiger charge is 2.25. The van der Waals surface area contributed by atoms with E-state index in [1.807, 2.05) is 0 Å². The van der Waals surface area contributed by atoms with Crippen molar-refractivity contribution in [2.45, 2.75) is 26.0 Å². The Morgan fingerprint density at radius 1 is 1.25 bits per heavy atom. The second kappa shape index (κ2) is 7.92. The molecule has 2 rings (SSSR count). The fraction of sp³-hybridized carbons (Fsp3) is 0.647. The third-order valence-corrected chi connectivity index (χ3v) is 4.04. The van der Waals surface area contributed by atoms with Crippen molar-refractivity contribution >= 4 is 5.91 Å². The molecule has 0 atom stereocenters. The summed E-state index contributed by atoms with van der Waals surface area (Å²) in [5, 5.41) is 9.89. The highest BCUT2D eigenvalue weighted by atomic mass is 16.5. The summed E-state index contributed by atoms with van der Waals surface area (Å²) >= 11 is 0. The molecule has 1 aromatic heterocycles. The number of aromatic nitrogens is 1. The van der Waals surface area contributed by atoms with Gasteiger partial charge in [-0.2, -0.15) is 0 Å². The molecule has 0 radical (unpaired) electrons. The maximum Gasteiger partial charge on any atom is 0.255 e. The number of piperazine rings is 1.